The fourth-order valence-corrected chi connectivity index (χ4v) is 2.91. The molecule has 2 aromatic heterocycles. The number of fused-ring (bicyclic) bond motifs is 1. The quantitative estimate of drug-likeness (QED) is 0.691. The van der Waals surface area contributed by atoms with Crippen LogP contribution in [0.4, 0.5) is 5.82 Å². The molecule has 3 N–H and O–H groups in total. The number of aromatic nitrogens is 3. The van der Waals surface area contributed by atoms with Gasteiger partial charge in [0.05, 0.1) is 12.3 Å². The number of anilines is 1. The second kappa shape index (κ2) is 5.17. The monoisotopic (exact) mass is 308 g/mol. The maximum absolute atomic E-state index is 10.6. The number of aliphatic hydroxyl groups excluding tert-OH is 2. The molecule has 1 aliphatic heterocycles. The van der Waals surface area contributed by atoms with Crippen molar-refractivity contribution in [2.24, 2.45) is 0 Å². The molecule has 0 radical (unpaired) electrons. The van der Waals surface area contributed by atoms with Crippen molar-refractivity contribution in [1.82, 2.24) is 14.6 Å². The normalized spacial score (nSPS) is 31.8. The van der Waals surface area contributed by atoms with Crippen molar-refractivity contribution in [1.29, 1.82) is 0 Å². The van der Waals surface area contributed by atoms with Crippen molar-refractivity contribution in [3.8, 4) is 0 Å². The predicted octanol–water partition coefficient (Wildman–Crippen LogP) is -0.661. The Hall–Kier alpha value is -1.74. The van der Waals surface area contributed by atoms with E-state index in [1.807, 2.05) is 25.1 Å². The molecule has 2 aromatic rings. The summed E-state index contributed by atoms with van der Waals surface area (Å²) in [6.07, 6.45) is -1.38. The SMILES string of the molecule is CN(C)c1ncnn2c([C@@H]3O[C@H](CO)[C@@H](O)[C@@]3(C)O)ccc12. The van der Waals surface area contributed by atoms with E-state index in [4.69, 9.17) is 4.74 Å². The summed E-state index contributed by atoms with van der Waals surface area (Å²) in [4.78, 5) is 6.09. The summed E-state index contributed by atoms with van der Waals surface area (Å²) in [7, 11) is 3.76. The van der Waals surface area contributed by atoms with Crippen LogP contribution in [0.2, 0.25) is 0 Å². The lowest BCUT2D eigenvalue weighted by atomic mass is 9.91. The van der Waals surface area contributed by atoms with Gasteiger partial charge >= 0.3 is 0 Å². The van der Waals surface area contributed by atoms with Gasteiger partial charge in [0.1, 0.15) is 35.8 Å². The van der Waals surface area contributed by atoms with Crippen LogP contribution in [0.15, 0.2) is 18.5 Å². The summed E-state index contributed by atoms with van der Waals surface area (Å²) >= 11 is 0. The molecule has 0 amide bonds. The smallest absolute Gasteiger partial charge is 0.156 e. The Balaban J connectivity index is 2.10. The molecule has 3 rings (SSSR count). The van der Waals surface area contributed by atoms with Crippen LogP contribution < -0.4 is 4.90 Å². The summed E-state index contributed by atoms with van der Waals surface area (Å²) in [6.45, 7) is 1.13. The lowest BCUT2D eigenvalue weighted by Gasteiger charge is -2.26. The van der Waals surface area contributed by atoms with E-state index in [2.05, 4.69) is 10.1 Å². The van der Waals surface area contributed by atoms with E-state index < -0.39 is 23.9 Å². The molecular formula is C14H20N4O4. The van der Waals surface area contributed by atoms with Gasteiger partial charge in [-0.1, -0.05) is 0 Å². The maximum Gasteiger partial charge on any atom is 0.156 e. The molecule has 8 heteroatoms. The van der Waals surface area contributed by atoms with Gasteiger partial charge in [-0.3, -0.25) is 0 Å². The fraction of sp³-hybridized carbons (Fsp3) is 0.571. The fourth-order valence-electron chi connectivity index (χ4n) is 2.91. The molecule has 1 saturated heterocycles. The highest BCUT2D eigenvalue weighted by atomic mass is 16.6. The van der Waals surface area contributed by atoms with Crippen molar-refractivity contribution < 1.29 is 20.1 Å². The zero-order valence-electron chi connectivity index (χ0n) is 12.7. The molecule has 1 fully saturated rings. The third-order valence-corrected chi connectivity index (χ3v) is 4.13. The van der Waals surface area contributed by atoms with Gasteiger partial charge in [0.15, 0.2) is 5.82 Å². The Kier molecular flexibility index (Phi) is 3.56. The van der Waals surface area contributed by atoms with Gasteiger partial charge in [0.25, 0.3) is 0 Å². The average Bonchev–Trinajstić information content (AvgIpc) is 2.99. The summed E-state index contributed by atoms with van der Waals surface area (Å²) in [5, 5.41) is 34.2. The van der Waals surface area contributed by atoms with Gasteiger partial charge in [-0.25, -0.2) is 9.50 Å². The lowest BCUT2D eigenvalue weighted by Crippen LogP contribution is -2.43. The highest BCUT2D eigenvalue weighted by molar-refractivity contribution is 5.68. The standard InChI is InChI=1S/C14H20N4O4/c1-14(21)11(20)10(6-19)22-12(14)8-4-5-9-13(17(2)3)15-7-16-18(8)9/h4-5,7,10-12,19-21H,6H2,1-3H3/t10-,11-,12+,14-/m1/s1. The zero-order chi connectivity index (χ0) is 16.1. The first-order valence-electron chi connectivity index (χ1n) is 7.04. The van der Waals surface area contributed by atoms with Gasteiger partial charge in [-0.2, -0.15) is 5.10 Å². The predicted molar refractivity (Wildman–Crippen MR) is 78.6 cm³/mol. The number of ether oxygens (including phenoxy) is 1. The molecule has 0 saturated carbocycles. The highest BCUT2D eigenvalue weighted by Crippen LogP contribution is 2.42. The minimum Gasteiger partial charge on any atom is -0.394 e. The third-order valence-electron chi connectivity index (χ3n) is 4.13. The first-order valence-corrected chi connectivity index (χ1v) is 7.04. The van der Waals surface area contributed by atoms with Crippen LogP contribution >= 0.6 is 0 Å². The van der Waals surface area contributed by atoms with Crippen LogP contribution in [0, 0.1) is 0 Å². The van der Waals surface area contributed by atoms with Crippen LogP contribution in [0.5, 0.6) is 0 Å². The van der Waals surface area contributed by atoms with Crippen LogP contribution in [0.1, 0.15) is 18.7 Å². The van der Waals surface area contributed by atoms with Gasteiger partial charge in [0, 0.05) is 14.1 Å². The number of hydrogen-bond acceptors (Lipinski definition) is 7. The summed E-state index contributed by atoms with van der Waals surface area (Å²) in [6, 6.07) is 3.62. The van der Waals surface area contributed by atoms with Crippen molar-refractivity contribution in [2.45, 2.75) is 30.8 Å². The van der Waals surface area contributed by atoms with Gasteiger partial charge in [-0.15, -0.1) is 0 Å². The molecule has 0 bridgehead atoms. The van der Waals surface area contributed by atoms with Crippen LogP contribution in [0.25, 0.3) is 5.52 Å². The van der Waals surface area contributed by atoms with Crippen LogP contribution in [-0.2, 0) is 4.74 Å². The minimum atomic E-state index is -1.52. The van der Waals surface area contributed by atoms with Gasteiger partial charge in [0.2, 0.25) is 0 Å². The van der Waals surface area contributed by atoms with Crippen LogP contribution in [0.3, 0.4) is 0 Å². The Labute approximate surface area is 127 Å². The second-order valence-electron chi connectivity index (χ2n) is 5.94. The molecule has 4 atom stereocenters. The molecule has 8 nitrogen and oxygen atoms in total. The van der Waals surface area contributed by atoms with E-state index >= 15 is 0 Å². The number of hydrogen-bond donors (Lipinski definition) is 3. The summed E-state index contributed by atoms with van der Waals surface area (Å²) in [5.41, 5.74) is -0.158. The van der Waals surface area contributed by atoms with Crippen molar-refractivity contribution in [3.63, 3.8) is 0 Å². The maximum atomic E-state index is 10.6. The van der Waals surface area contributed by atoms with E-state index in [1.54, 1.807) is 10.6 Å². The Morgan fingerprint density at radius 3 is 2.73 bits per heavy atom. The first kappa shape index (κ1) is 15.2. The summed E-state index contributed by atoms with van der Waals surface area (Å²) in [5.74, 6) is 0.734. The molecule has 0 aliphatic carbocycles. The zero-order valence-corrected chi connectivity index (χ0v) is 12.7. The third kappa shape index (κ3) is 2.07. The number of nitrogens with zero attached hydrogens (tertiary/aromatic N) is 4. The first-order chi connectivity index (χ1) is 10.4. The van der Waals surface area contributed by atoms with Crippen molar-refractivity contribution in [2.75, 3.05) is 25.6 Å². The largest absolute Gasteiger partial charge is 0.394 e. The Morgan fingerprint density at radius 1 is 1.41 bits per heavy atom. The van der Waals surface area contributed by atoms with E-state index in [1.165, 1.54) is 13.3 Å². The minimum absolute atomic E-state index is 0.366. The molecule has 3 heterocycles. The molecule has 22 heavy (non-hydrogen) atoms. The Morgan fingerprint density at radius 2 is 2.14 bits per heavy atom. The van der Waals surface area contributed by atoms with Gasteiger partial charge in [-0.05, 0) is 19.1 Å². The van der Waals surface area contributed by atoms with Gasteiger partial charge < -0.3 is 25.0 Å². The van der Waals surface area contributed by atoms with E-state index in [0.717, 1.165) is 11.3 Å². The van der Waals surface area contributed by atoms with Crippen molar-refractivity contribution in [3.05, 3.63) is 24.2 Å². The average molecular weight is 308 g/mol. The molecule has 120 valence electrons. The highest BCUT2D eigenvalue weighted by Gasteiger charge is 2.53. The Bertz CT molecular complexity index is 685. The number of rotatable bonds is 3. The second-order valence-corrected chi connectivity index (χ2v) is 5.94. The molecule has 0 unspecified atom stereocenters. The van der Waals surface area contributed by atoms with E-state index in [-0.39, 0.29) is 6.61 Å². The van der Waals surface area contributed by atoms with Crippen molar-refractivity contribution >= 4 is 11.3 Å². The van der Waals surface area contributed by atoms with E-state index in [0.29, 0.717) is 5.69 Å². The lowest BCUT2D eigenvalue weighted by molar-refractivity contribution is -0.0664. The molecule has 1 aliphatic rings. The molecule has 0 spiro atoms. The summed E-state index contributed by atoms with van der Waals surface area (Å²) < 4.78 is 7.28. The van der Waals surface area contributed by atoms with Crippen LogP contribution in [-0.4, -0.2) is 68.4 Å². The molecular weight excluding hydrogens is 288 g/mol. The number of aliphatic hydroxyl groups is 3. The topological polar surface area (TPSA) is 103 Å². The van der Waals surface area contributed by atoms with E-state index in [9.17, 15) is 15.3 Å². The molecule has 0 aromatic carbocycles.